The molecule has 4 rings (SSSR count). The highest BCUT2D eigenvalue weighted by molar-refractivity contribution is 5.79. The minimum Gasteiger partial charge on any atom is -0.497 e. The molecule has 1 fully saturated rings. The maximum atomic E-state index is 13.1. The van der Waals surface area contributed by atoms with Crippen molar-refractivity contribution >= 4 is 5.91 Å². The summed E-state index contributed by atoms with van der Waals surface area (Å²) in [4.78, 5) is 15.0. The Morgan fingerprint density at radius 1 is 1.14 bits per heavy atom. The standard InChI is InChI=1S/C21H23N5O3/c1-28-19-9-10-20(29-2)16(12-19)13-25(17-7-8-17)21(27)11-15-3-5-18(6-4-15)26-14-22-23-24-26/h3-6,9-10,12,14,17H,7-8,11,13H2,1-2H3. The van der Waals surface area contributed by atoms with Gasteiger partial charge in [-0.15, -0.1) is 5.10 Å². The second-order valence-electron chi connectivity index (χ2n) is 7.03. The minimum atomic E-state index is 0.104. The second kappa shape index (κ2) is 8.30. The van der Waals surface area contributed by atoms with E-state index in [0.29, 0.717) is 19.0 Å². The first-order chi connectivity index (χ1) is 14.2. The molecule has 0 saturated heterocycles. The normalized spacial score (nSPS) is 13.2. The quantitative estimate of drug-likeness (QED) is 0.585. The zero-order chi connectivity index (χ0) is 20.2. The van der Waals surface area contributed by atoms with Gasteiger partial charge in [0, 0.05) is 18.2 Å². The molecule has 150 valence electrons. The molecule has 0 unspecified atom stereocenters. The number of methoxy groups -OCH3 is 2. The van der Waals surface area contributed by atoms with Crippen molar-refractivity contribution in [2.75, 3.05) is 14.2 Å². The van der Waals surface area contributed by atoms with Crippen molar-refractivity contribution in [3.05, 3.63) is 59.9 Å². The van der Waals surface area contributed by atoms with Crippen LogP contribution in [0.3, 0.4) is 0 Å². The summed E-state index contributed by atoms with van der Waals surface area (Å²) in [6.07, 6.45) is 3.96. The maximum Gasteiger partial charge on any atom is 0.227 e. The first-order valence-electron chi connectivity index (χ1n) is 9.50. The third kappa shape index (κ3) is 4.37. The predicted molar refractivity (Wildman–Crippen MR) is 106 cm³/mol. The first-order valence-corrected chi connectivity index (χ1v) is 9.50. The molecule has 8 heteroatoms. The molecule has 0 N–H and O–H groups in total. The van der Waals surface area contributed by atoms with Gasteiger partial charge in [0.25, 0.3) is 0 Å². The van der Waals surface area contributed by atoms with Crippen LogP contribution in [0.5, 0.6) is 11.5 Å². The fourth-order valence-corrected chi connectivity index (χ4v) is 3.32. The molecule has 1 aliphatic rings. The van der Waals surface area contributed by atoms with Gasteiger partial charge in [0.1, 0.15) is 17.8 Å². The Hall–Kier alpha value is -3.42. The van der Waals surface area contributed by atoms with Gasteiger partial charge in [-0.3, -0.25) is 4.79 Å². The van der Waals surface area contributed by atoms with E-state index in [9.17, 15) is 4.79 Å². The molecule has 0 aliphatic heterocycles. The van der Waals surface area contributed by atoms with E-state index in [0.717, 1.165) is 41.2 Å². The fourth-order valence-electron chi connectivity index (χ4n) is 3.32. The lowest BCUT2D eigenvalue weighted by atomic mass is 10.1. The van der Waals surface area contributed by atoms with Gasteiger partial charge in [0.15, 0.2) is 0 Å². The molecular weight excluding hydrogens is 370 g/mol. The van der Waals surface area contributed by atoms with Gasteiger partial charge in [-0.05, 0) is 59.2 Å². The summed E-state index contributed by atoms with van der Waals surface area (Å²) < 4.78 is 12.4. The van der Waals surface area contributed by atoms with Crippen molar-refractivity contribution < 1.29 is 14.3 Å². The second-order valence-corrected chi connectivity index (χ2v) is 7.03. The zero-order valence-corrected chi connectivity index (χ0v) is 16.5. The van der Waals surface area contributed by atoms with Gasteiger partial charge in [0.05, 0.1) is 26.3 Å². The monoisotopic (exact) mass is 393 g/mol. The molecule has 0 bridgehead atoms. The Morgan fingerprint density at radius 2 is 1.93 bits per heavy atom. The fraction of sp³-hybridized carbons (Fsp3) is 0.333. The SMILES string of the molecule is COc1ccc(OC)c(CN(C(=O)Cc2ccc(-n3cnnn3)cc2)C2CC2)c1. The third-order valence-corrected chi connectivity index (χ3v) is 5.04. The number of aromatic nitrogens is 4. The van der Waals surface area contributed by atoms with Crippen LogP contribution < -0.4 is 9.47 Å². The molecule has 0 spiro atoms. The smallest absolute Gasteiger partial charge is 0.227 e. The molecule has 1 aromatic heterocycles. The van der Waals surface area contributed by atoms with Crippen LogP contribution in [0.2, 0.25) is 0 Å². The molecular formula is C21H23N5O3. The topological polar surface area (TPSA) is 82.4 Å². The molecule has 2 aromatic carbocycles. The summed E-state index contributed by atoms with van der Waals surface area (Å²) in [5, 5.41) is 11.1. The van der Waals surface area contributed by atoms with E-state index in [4.69, 9.17) is 9.47 Å². The molecule has 3 aromatic rings. The average Bonchev–Trinajstić information content (AvgIpc) is 3.44. The summed E-state index contributed by atoms with van der Waals surface area (Å²) in [6.45, 7) is 0.507. The van der Waals surface area contributed by atoms with Crippen molar-refractivity contribution in [1.82, 2.24) is 25.1 Å². The van der Waals surface area contributed by atoms with Gasteiger partial charge in [-0.1, -0.05) is 12.1 Å². The van der Waals surface area contributed by atoms with E-state index in [1.54, 1.807) is 18.9 Å². The molecule has 1 heterocycles. The number of benzene rings is 2. The number of ether oxygens (including phenoxy) is 2. The van der Waals surface area contributed by atoms with Gasteiger partial charge in [-0.25, -0.2) is 4.68 Å². The molecule has 1 aliphatic carbocycles. The number of amides is 1. The molecule has 1 amide bonds. The summed E-state index contributed by atoms with van der Waals surface area (Å²) >= 11 is 0. The van der Waals surface area contributed by atoms with Crippen LogP contribution >= 0.6 is 0 Å². The van der Waals surface area contributed by atoms with E-state index < -0.39 is 0 Å². The van der Waals surface area contributed by atoms with Gasteiger partial charge in [0.2, 0.25) is 5.91 Å². The van der Waals surface area contributed by atoms with Crippen LogP contribution in [0.25, 0.3) is 5.69 Å². The summed E-state index contributed by atoms with van der Waals surface area (Å²) in [5.74, 6) is 1.62. The molecule has 8 nitrogen and oxygen atoms in total. The van der Waals surface area contributed by atoms with E-state index in [1.165, 1.54) is 6.33 Å². The molecule has 0 atom stereocenters. The van der Waals surface area contributed by atoms with Gasteiger partial charge >= 0.3 is 0 Å². The molecule has 1 saturated carbocycles. The Kier molecular flexibility index (Phi) is 5.41. The van der Waals surface area contributed by atoms with Crippen LogP contribution in [0, 0.1) is 0 Å². The van der Waals surface area contributed by atoms with Crippen LogP contribution in [-0.2, 0) is 17.8 Å². The summed E-state index contributed by atoms with van der Waals surface area (Å²) in [7, 11) is 3.27. The number of rotatable bonds is 8. The van der Waals surface area contributed by atoms with Gasteiger partial charge < -0.3 is 14.4 Å². The highest BCUT2D eigenvalue weighted by atomic mass is 16.5. The van der Waals surface area contributed by atoms with Crippen LogP contribution in [0.1, 0.15) is 24.0 Å². The number of carbonyl (C=O) groups excluding carboxylic acids is 1. The lowest BCUT2D eigenvalue weighted by molar-refractivity contribution is -0.131. The maximum absolute atomic E-state index is 13.1. The Balaban J connectivity index is 1.48. The van der Waals surface area contributed by atoms with Crippen molar-refractivity contribution in [3.63, 3.8) is 0 Å². The molecule has 0 radical (unpaired) electrons. The summed E-state index contributed by atoms with van der Waals surface area (Å²) in [5.41, 5.74) is 2.75. The average molecular weight is 393 g/mol. The van der Waals surface area contributed by atoms with Crippen molar-refractivity contribution in [2.45, 2.75) is 31.8 Å². The number of hydrogen-bond acceptors (Lipinski definition) is 6. The number of nitrogens with zero attached hydrogens (tertiary/aromatic N) is 5. The van der Waals surface area contributed by atoms with Crippen LogP contribution in [0.4, 0.5) is 0 Å². The van der Waals surface area contributed by atoms with Crippen LogP contribution in [0.15, 0.2) is 48.8 Å². The molecule has 29 heavy (non-hydrogen) atoms. The zero-order valence-electron chi connectivity index (χ0n) is 16.5. The van der Waals surface area contributed by atoms with Crippen LogP contribution in [-0.4, -0.2) is 51.3 Å². The largest absolute Gasteiger partial charge is 0.497 e. The highest BCUT2D eigenvalue weighted by Crippen LogP contribution is 2.32. The van der Waals surface area contributed by atoms with E-state index in [-0.39, 0.29) is 5.91 Å². The summed E-state index contributed by atoms with van der Waals surface area (Å²) in [6, 6.07) is 13.6. The Morgan fingerprint density at radius 3 is 2.55 bits per heavy atom. The first kappa shape index (κ1) is 18.9. The number of tetrazole rings is 1. The lowest BCUT2D eigenvalue weighted by Crippen LogP contribution is -2.34. The lowest BCUT2D eigenvalue weighted by Gasteiger charge is -2.24. The number of carbonyl (C=O) groups is 1. The van der Waals surface area contributed by atoms with E-state index in [1.807, 2.05) is 47.4 Å². The van der Waals surface area contributed by atoms with E-state index in [2.05, 4.69) is 15.5 Å². The van der Waals surface area contributed by atoms with Gasteiger partial charge in [-0.2, -0.15) is 0 Å². The Bertz CT molecular complexity index is 968. The minimum absolute atomic E-state index is 0.104. The van der Waals surface area contributed by atoms with Crippen molar-refractivity contribution in [1.29, 1.82) is 0 Å². The van der Waals surface area contributed by atoms with Crippen molar-refractivity contribution in [2.24, 2.45) is 0 Å². The number of hydrogen-bond donors (Lipinski definition) is 0. The predicted octanol–water partition coefficient (Wildman–Crippen LogP) is 2.41. The van der Waals surface area contributed by atoms with E-state index >= 15 is 0 Å². The third-order valence-electron chi connectivity index (χ3n) is 5.04. The van der Waals surface area contributed by atoms with Crippen molar-refractivity contribution in [3.8, 4) is 17.2 Å². The highest BCUT2D eigenvalue weighted by Gasteiger charge is 2.33. The Labute approximate surface area is 169 Å².